The fraction of sp³-hybridized carbons (Fsp3) is 0.167. The second-order valence-corrected chi connectivity index (χ2v) is 6.92. The number of para-hydroxylation sites is 1. The SMILES string of the molecule is CN(c1ccccc1)S(=O)(=O)c1csc(CCl)c1. The van der Waals surface area contributed by atoms with Crippen LogP contribution in [0.1, 0.15) is 4.88 Å². The summed E-state index contributed by atoms with van der Waals surface area (Å²) in [7, 11) is -1.95. The Labute approximate surface area is 116 Å². The van der Waals surface area contributed by atoms with E-state index in [9.17, 15) is 8.42 Å². The average Bonchev–Trinajstić information content (AvgIpc) is 2.88. The zero-order valence-electron chi connectivity index (χ0n) is 9.71. The van der Waals surface area contributed by atoms with Crippen LogP contribution in [0.3, 0.4) is 0 Å². The lowest BCUT2D eigenvalue weighted by atomic mass is 10.3. The molecule has 0 aliphatic carbocycles. The Morgan fingerprint density at radius 2 is 1.94 bits per heavy atom. The van der Waals surface area contributed by atoms with Gasteiger partial charge in [0.05, 0.1) is 16.5 Å². The molecule has 0 aliphatic rings. The maximum absolute atomic E-state index is 12.4. The maximum atomic E-state index is 12.4. The topological polar surface area (TPSA) is 37.4 Å². The third-order valence-electron chi connectivity index (χ3n) is 2.54. The molecule has 0 N–H and O–H groups in total. The van der Waals surface area contributed by atoms with E-state index in [-0.39, 0.29) is 4.90 Å². The number of hydrogen-bond donors (Lipinski definition) is 0. The van der Waals surface area contributed by atoms with Crippen LogP contribution in [0.5, 0.6) is 0 Å². The fourth-order valence-corrected chi connectivity index (χ4v) is 4.07. The molecule has 3 nitrogen and oxygen atoms in total. The minimum Gasteiger partial charge on any atom is -0.269 e. The molecule has 0 atom stereocenters. The molecule has 1 aromatic carbocycles. The minimum atomic E-state index is -3.50. The van der Waals surface area contributed by atoms with Crippen LogP contribution >= 0.6 is 22.9 Å². The molecule has 0 fully saturated rings. The van der Waals surface area contributed by atoms with Gasteiger partial charge in [-0.25, -0.2) is 8.42 Å². The van der Waals surface area contributed by atoms with Gasteiger partial charge in [0.1, 0.15) is 0 Å². The predicted octanol–water partition coefficient (Wildman–Crippen LogP) is 3.31. The zero-order valence-corrected chi connectivity index (χ0v) is 12.1. The molecule has 0 aliphatic heterocycles. The van der Waals surface area contributed by atoms with Crippen molar-refractivity contribution < 1.29 is 8.42 Å². The van der Waals surface area contributed by atoms with Gasteiger partial charge in [-0.15, -0.1) is 22.9 Å². The van der Waals surface area contributed by atoms with Crippen molar-refractivity contribution in [1.82, 2.24) is 0 Å². The van der Waals surface area contributed by atoms with E-state index in [0.717, 1.165) is 4.88 Å². The lowest BCUT2D eigenvalue weighted by molar-refractivity contribution is 0.594. The first-order valence-electron chi connectivity index (χ1n) is 5.23. The molecule has 0 saturated heterocycles. The molecule has 0 amide bonds. The van der Waals surface area contributed by atoms with Gasteiger partial charge in [-0.1, -0.05) is 18.2 Å². The number of anilines is 1. The van der Waals surface area contributed by atoms with Gasteiger partial charge >= 0.3 is 0 Å². The molecule has 0 unspecified atom stereocenters. The molecular weight excluding hydrogens is 290 g/mol. The highest BCUT2D eigenvalue weighted by molar-refractivity contribution is 7.93. The zero-order chi connectivity index (χ0) is 13.2. The molecule has 1 heterocycles. The minimum absolute atomic E-state index is 0.287. The number of rotatable bonds is 4. The summed E-state index contributed by atoms with van der Waals surface area (Å²) in [5.41, 5.74) is 0.635. The van der Waals surface area contributed by atoms with Gasteiger partial charge in [-0.3, -0.25) is 4.31 Å². The van der Waals surface area contributed by atoms with E-state index in [4.69, 9.17) is 11.6 Å². The van der Waals surface area contributed by atoms with Crippen LogP contribution < -0.4 is 4.31 Å². The smallest absolute Gasteiger partial charge is 0.264 e. The van der Waals surface area contributed by atoms with Gasteiger partial charge in [-0.05, 0) is 18.2 Å². The number of benzene rings is 1. The van der Waals surface area contributed by atoms with E-state index in [2.05, 4.69) is 0 Å². The second kappa shape index (κ2) is 5.30. The van der Waals surface area contributed by atoms with E-state index in [1.54, 1.807) is 42.8 Å². The third-order valence-corrected chi connectivity index (χ3v) is 5.84. The van der Waals surface area contributed by atoms with E-state index >= 15 is 0 Å². The normalized spacial score (nSPS) is 11.4. The quantitative estimate of drug-likeness (QED) is 0.813. The molecule has 18 heavy (non-hydrogen) atoms. The molecule has 1 aromatic heterocycles. The Balaban J connectivity index is 2.37. The van der Waals surface area contributed by atoms with Crippen molar-refractivity contribution in [3.05, 3.63) is 46.7 Å². The number of nitrogens with zero attached hydrogens (tertiary/aromatic N) is 1. The van der Waals surface area contributed by atoms with Gasteiger partial charge in [0, 0.05) is 17.3 Å². The maximum Gasteiger partial charge on any atom is 0.264 e. The Morgan fingerprint density at radius 3 is 2.50 bits per heavy atom. The lowest BCUT2D eigenvalue weighted by Crippen LogP contribution is -2.26. The van der Waals surface area contributed by atoms with Crippen LogP contribution in [-0.4, -0.2) is 15.5 Å². The largest absolute Gasteiger partial charge is 0.269 e. The summed E-state index contributed by atoms with van der Waals surface area (Å²) in [4.78, 5) is 1.13. The number of halogens is 1. The van der Waals surface area contributed by atoms with Gasteiger partial charge in [-0.2, -0.15) is 0 Å². The highest BCUT2D eigenvalue weighted by Gasteiger charge is 2.22. The molecule has 2 rings (SSSR count). The Bertz CT molecular complexity index is 623. The van der Waals surface area contributed by atoms with E-state index < -0.39 is 10.0 Å². The summed E-state index contributed by atoms with van der Waals surface area (Å²) < 4.78 is 26.0. The lowest BCUT2D eigenvalue weighted by Gasteiger charge is -2.18. The van der Waals surface area contributed by atoms with Crippen molar-refractivity contribution >= 4 is 38.6 Å². The van der Waals surface area contributed by atoms with E-state index in [1.807, 2.05) is 6.07 Å². The number of hydrogen-bond acceptors (Lipinski definition) is 3. The first kappa shape index (κ1) is 13.4. The second-order valence-electron chi connectivity index (χ2n) is 3.69. The Morgan fingerprint density at radius 1 is 1.28 bits per heavy atom. The molecule has 6 heteroatoms. The van der Waals surface area contributed by atoms with Gasteiger partial charge < -0.3 is 0 Å². The van der Waals surface area contributed by atoms with Crippen molar-refractivity contribution in [2.24, 2.45) is 0 Å². The standard InChI is InChI=1S/C12H12ClNO2S2/c1-14(10-5-3-2-4-6-10)18(15,16)12-7-11(8-13)17-9-12/h2-7,9H,8H2,1H3. The number of sulfonamides is 1. The van der Waals surface area contributed by atoms with Gasteiger partial charge in [0.25, 0.3) is 10.0 Å². The first-order chi connectivity index (χ1) is 8.55. The molecule has 0 bridgehead atoms. The first-order valence-corrected chi connectivity index (χ1v) is 8.08. The molecule has 0 radical (unpaired) electrons. The highest BCUT2D eigenvalue weighted by atomic mass is 35.5. The van der Waals surface area contributed by atoms with Crippen molar-refractivity contribution in [3.63, 3.8) is 0 Å². The highest BCUT2D eigenvalue weighted by Crippen LogP contribution is 2.26. The summed E-state index contributed by atoms with van der Waals surface area (Å²) in [5.74, 6) is 0.329. The van der Waals surface area contributed by atoms with Gasteiger partial charge in [0.15, 0.2) is 0 Å². The Hall–Kier alpha value is -1.04. The number of thiophene rings is 1. The van der Waals surface area contributed by atoms with Crippen LogP contribution in [0.15, 0.2) is 46.7 Å². The monoisotopic (exact) mass is 301 g/mol. The van der Waals surface area contributed by atoms with Crippen LogP contribution in [0.2, 0.25) is 0 Å². The van der Waals surface area contributed by atoms with E-state index in [0.29, 0.717) is 11.6 Å². The van der Waals surface area contributed by atoms with Gasteiger partial charge in [0.2, 0.25) is 0 Å². The Kier molecular flexibility index (Phi) is 3.94. The van der Waals surface area contributed by atoms with Crippen molar-refractivity contribution in [2.75, 3.05) is 11.4 Å². The molecule has 96 valence electrons. The summed E-state index contributed by atoms with van der Waals surface area (Å²) in [5, 5.41) is 1.62. The molecule has 0 spiro atoms. The predicted molar refractivity (Wildman–Crippen MR) is 75.9 cm³/mol. The van der Waals surface area contributed by atoms with E-state index in [1.165, 1.54) is 15.6 Å². The van der Waals surface area contributed by atoms with Crippen LogP contribution in [0, 0.1) is 0 Å². The van der Waals surface area contributed by atoms with Crippen molar-refractivity contribution in [3.8, 4) is 0 Å². The summed E-state index contributed by atoms with van der Waals surface area (Å²) >= 11 is 7.04. The summed E-state index contributed by atoms with van der Waals surface area (Å²) in [6, 6.07) is 10.6. The molecule has 2 aromatic rings. The van der Waals surface area contributed by atoms with Crippen LogP contribution in [-0.2, 0) is 15.9 Å². The van der Waals surface area contributed by atoms with Crippen LogP contribution in [0.25, 0.3) is 0 Å². The summed E-state index contributed by atoms with van der Waals surface area (Å²) in [6.45, 7) is 0. The average molecular weight is 302 g/mol. The number of alkyl halides is 1. The molecule has 0 saturated carbocycles. The fourth-order valence-electron chi connectivity index (χ4n) is 1.50. The van der Waals surface area contributed by atoms with Crippen molar-refractivity contribution in [2.45, 2.75) is 10.8 Å². The summed E-state index contributed by atoms with van der Waals surface area (Å²) in [6.07, 6.45) is 0. The van der Waals surface area contributed by atoms with Crippen LogP contribution in [0.4, 0.5) is 5.69 Å². The molecular formula is C12H12ClNO2S2. The van der Waals surface area contributed by atoms with Crippen molar-refractivity contribution in [1.29, 1.82) is 0 Å². The third kappa shape index (κ3) is 2.53.